The molecule has 12 nitrogen and oxygen atoms in total. The first-order valence-corrected chi connectivity index (χ1v) is 14.3. The molecule has 0 saturated heterocycles. The number of carbonyl (C=O) groups excluding carboxylic acids is 1. The lowest BCUT2D eigenvalue weighted by Crippen LogP contribution is -2.27. The molecule has 1 aliphatic rings. The van der Waals surface area contributed by atoms with Crippen LogP contribution in [0, 0.1) is 0 Å². The topological polar surface area (TPSA) is 161 Å². The van der Waals surface area contributed by atoms with Crippen LogP contribution in [0.5, 0.6) is 0 Å². The fourth-order valence-electron chi connectivity index (χ4n) is 4.41. The molecule has 0 spiro atoms. The smallest absolute Gasteiger partial charge is 0.251 e. The number of pyridine rings is 1. The van der Waals surface area contributed by atoms with Gasteiger partial charge in [-0.1, -0.05) is 31.4 Å². The van der Waals surface area contributed by atoms with E-state index in [0.717, 1.165) is 24.0 Å². The number of rotatable bonds is 17. The summed E-state index contributed by atoms with van der Waals surface area (Å²) >= 11 is 0. The van der Waals surface area contributed by atoms with Crippen LogP contribution in [0.2, 0.25) is 0 Å². The molecule has 0 radical (unpaired) electrons. The number of benzene rings is 1. The summed E-state index contributed by atoms with van der Waals surface area (Å²) in [6.45, 7) is 3.90. The van der Waals surface area contributed by atoms with E-state index in [1.807, 2.05) is 24.3 Å². The van der Waals surface area contributed by atoms with Gasteiger partial charge in [-0.2, -0.15) is 15.0 Å². The molecule has 4 rings (SSSR count). The predicted molar refractivity (Wildman–Crippen MR) is 159 cm³/mol. The van der Waals surface area contributed by atoms with Crippen molar-refractivity contribution in [1.82, 2.24) is 25.3 Å². The van der Waals surface area contributed by atoms with Crippen LogP contribution in [0.3, 0.4) is 0 Å². The number of carbonyl (C=O) groups is 1. The Labute approximate surface area is 241 Å². The van der Waals surface area contributed by atoms with Crippen LogP contribution in [0.25, 0.3) is 0 Å². The third-order valence-electron chi connectivity index (χ3n) is 6.61. The molecule has 1 aromatic carbocycles. The highest BCUT2D eigenvalue weighted by molar-refractivity contribution is 5.94. The molecule has 41 heavy (non-hydrogen) atoms. The van der Waals surface area contributed by atoms with Crippen LogP contribution < -0.4 is 27.0 Å². The number of nitrogens with zero attached hydrogens (tertiary/aromatic N) is 4. The number of ether oxygens (including phenoxy) is 2. The summed E-state index contributed by atoms with van der Waals surface area (Å²) < 4.78 is 10.7. The van der Waals surface area contributed by atoms with Crippen molar-refractivity contribution in [3.63, 3.8) is 0 Å². The molecule has 1 amide bonds. The Morgan fingerprint density at radius 1 is 0.780 bits per heavy atom. The van der Waals surface area contributed by atoms with Crippen molar-refractivity contribution in [2.24, 2.45) is 5.73 Å². The number of hydrogen-bond donors (Lipinski definition) is 5. The van der Waals surface area contributed by atoms with E-state index in [4.69, 9.17) is 15.2 Å². The normalized spacial score (nSPS) is 13.5. The fourth-order valence-corrected chi connectivity index (χ4v) is 4.41. The summed E-state index contributed by atoms with van der Waals surface area (Å²) in [6.07, 6.45) is 9.47. The molecule has 6 N–H and O–H groups in total. The summed E-state index contributed by atoms with van der Waals surface area (Å²) in [5.74, 6) is 1.39. The lowest BCUT2D eigenvalue weighted by atomic mass is 9.96. The lowest BCUT2D eigenvalue weighted by molar-refractivity contribution is 0.0511. The number of nitrogens with two attached hydrogens (primary N) is 1. The first kappa shape index (κ1) is 30.1. The van der Waals surface area contributed by atoms with Crippen LogP contribution in [-0.2, 0) is 22.6 Å². The number of amides is 1. The Kier molecular flexibility index (Phi) is 12.5. The Bertz CT molecular complexity index is 1180. The quantitative estimate of drug-likeness (QED) is 0.154. The molecule has 1 saturated carbocycles. The molecule has 0 atom stereocenters. The molecule has 0 aliphatic heterocycles. The Hall–Kier alpha value is -3.87. The van der Waals surface area contributed by atoms with Gasteiger partial charge in [-0.25, -0.2) is 0 Å². The highest BCUT2D eigenvalue weighted by Gasteiger charge is 2.16. The molecular formula is C29H41N9O3. The Morgan fingerprint density at radius 3 is 2.05 bits per heavy atom. The summed E-state index contributed by atoms with van der Waals surface area (Å²) in [6, 6.07) is 11.7. The highest BCUT2D eigenvalue weighted by Crippen LogP contribution is 2.21. The van der Waals surface area contributed by atoms with E-state index in [2.05, 4.69) is 41.2 Å². The van der Waals surface area contributed by atoms with E-state index in [-0.39, 0.29) is 5.91 Å². The average Bonchev–Trinajstić information content (AvgIpc) is 3.01. The SMILES string of the molecule is NCCOCCOCCNC(=O)c1ccc(CNc2nc(NCc3ccncc3)nc(NC3CCCCC3)n2)cc1. The van der Waals surface area contributed by atoms with Gasteiger partial charge in [-0.05, 0) is 48.2 Å². The van der Waals surface area contributed by atoms with Crippen molar-refractivity contribution >= 4 is 23.8 Å². The molecule has 2 heterocycles. The highest BCUT2D eigenvalue weighted by atomic mass is 16.5. The molecular weight excluding hydrogens is 522 g/mol. The van der Waals surface area contributed by atoms with Crippen molar-refractivity contribution < 1.29 is 14.3 Å². The molecule has 220 valence electrons. The zero-order chi connectivity index (χ0) is 28.5. The van der Waals surface area contributed by atoms with E-state index >= 15 is 0 Å². The van der Waals surface area contributed by atoms with E-state index in [1.165, 1.54) is 19.3 Å². The number of anilines is 3. The maximum absolute atomic E-state index is 12.4. The first-order valence-electron chi connectivity index (χ1n) is 14.3. The monoisotopic (exact) mass is 563 g/mol. The van der Waals surface area contributed by atoms with E-state index in [9.17, 15) is 4.79 Å². The summed E-state index contributed by atoms with van der Waals surface area (Å²) in [5, 5.41) is 13.0. The summed E-state index contributed by atoms with van der Waals surface area (Å²) in [4.78, 5) is 30.3. The zero-order valence-electron chi connectivity index (χ0n) is 23.5. The fraction of sp³-hybridized carbons (Fsp3) is 0.483. The molecule has 2 aromatic heterocycles. The minimum Gasteiger partial charge on any atom is -0.378 e. The second-order valence-corrected chi connectivity index (χ2v) is 9.81. The molecule has 12 heteroatoms. The maximum Gasteiger partial charge on any atom is 0.251 e. The van der Waals surface area contributed by atoms with Gasteiger partial charge < -0.3 is 36.5 Å². The van der Waals surface area contributed by atoms with Gasteiger partial charge in [0.15, 0.2) is 0 Å². The standard InChI is InChI=1S/C29H41N9O3/c30-12-16-40-18-19-41-17-15-32-26(39)24-8-6-22(7-9-24)20-33-27-36-28(34-21-23-10-13-31-14-11-23)38-29(37-27)35-25-4-2-1-3-5-25/h6-11,13-14,25H,1-5,12,15-21,30H2,(H,32,39)(H3,33,34,35,36,37,38). The van der Waals surface area contributed by atoms with Gasteiger partial charge >= 0.3 is 0 Å². The first-order chi connectivity index (χ1) is 20.2. The average molecular weight is 564 g/mol. The van der Waals surface area contributed by atoms with Gasteiger partial charge in [-0.15, -0.1) is 0 Å². The second-order valence-electron chi connectivity index (χ2n) is 9.81. The number of aromatic nitrogens is 4. The van der Waals surface area contributed by atoms with Crippen molar-refractivity contribution in [3.8, 4) is 0 Å². The van der Waals surface area contributed by atoms with Crippen LogP contribution in [0.15, 0.2) is 48.8 Å². The predicted octanol–water partition coefficient (Wildman–Crippen LogP) is 2.96. The van der Waals surface area contributed by atoms with Crippen LogP contribution in [0.4, 0.5) is 17.8 Å². The second kappa shape index (κ2) is 17.1. The molecule has 0 bridgehead atoms. The van der Waals surface area contributed by atoms with E-state index in [0.29, 0.717) is 82.1 Å². The van der Waals surface area contributed by atoms with Gasteiger partial charge in [0.2, 0.25) is 17.8 Å². The molecule has 1 fully saturated rings. The Balaban J connectivity index is 1.28. The minimum absolute atomic E-state index is 0.145. The molecule has 0 unspecified atom stereocenters. The Morgan fingerprint density at radius 2 is 1.39 bits per heavy atom. The van der Waals surface area contributed by atoms with Crippen LogP contribution in [0.1, 0.15) is 53.6 Å². The van der Waals surface area contributed by atoms with Gasteiger partial charge in [0.1, 0.15) is 0 Å². The van der Waals surface area contributed by atoms with Crippen molar-refractivity contribution in [2.75, 3.05) is 55.5 Å². The zero-order valence-corrected chi connectivity index (χ0v) is 23.5. The van der Waals surface area contributed by atoms with Crippen molar-refractivity contribution in [1.29, 1.82) is 0 Å². The van der Waals surface area contributed by atoms with Gasteiger partial charge in [0, 0.05) is 50.2 Å². The van der Waals surface area contributed by atoms with E-state index in [1.54, 1.807) is 24.5 Å². The van der Waals surface area contributed by atoms with Crippen LogP contribution in [-0.4, -0.2) is 71.4 Å². The summed E-state index contributed by atoms with van der Waals surface area (Å²) in [7, 11) is 0. The molecule has 3 aromatic rings. The third-order valence-corrected chi connectivity index (χ3v) is 6.61. The van der Waals surface area contributed by atoms with Gasteiger partial charge in [-0.3, -0.25) is 9.78 Å². The van der Waals surface area contributed by atoms with Crippen molar-refractivity contribution in [2.45, 2.75) is 51.2 Å². The largest absolute Gasteiger partial charge is 0.378 e. The maximum atomic E-state index is 12.4. The number of nitrogens with one attached hydrogen (secondary N) is 4. The minimum atomic E-state index is -0.145. The van der Waals surface area contributed by atoms with Gasteiger partial charge in [0.05, 0.1) is 26.4 Å². The molecule has 1 aliphatic carbocycles. The lowest BCUT2D eigenvalue weighted by Gasteiger charge is -2.23. The van der Waals surface area contributed by atoms with Crippen molar-refractivity contribution in [3.05, 3.63) is 65.5 Å². The van der Waals surface area contributed by atoms with Gasteiger partial charge in [0.25, 0.3) is 5.91 Å². The number of hydrogen-bond acceptors (Lipinski definition) is 11. The van der Waals surface area contributed by atoms with E-state index < -0.39 is 0 Å². The summed E-state index contributed by atoms with van der Waals surface area (Å²) in [5.41, 5.74) is 8.03. The van der Waals surface area contributed by atoms with Crippen LogP contribution >= 0.6 is 0 Å². The third kappa shape index (κ3) is 10.9.